The van der Waals surface area contributed by atoms with Gasteiger partial charge in [-0.15, -0.1) is 0 Å². The Balaban J connectivity index is 1.78. The molecule has 5 nitrogen and oxygen atoms in total. The summed E-state index contributed by atoms with van der Waals surface area (Å²) in [5.74, 6) is 0.567. The van der Waals surface area contributed by atoms with E-state index in [4.69, 9.17) is 4.74 Å². The third-order valence-electron chi connectivity index (χ3n) is 3.14. The average molecular weight is 250 g/mol. The summed E-state index contributed by atoms with van der Waals surface area (Å²) in [7, 11) is 0. The lowest BCUT2D eigenvalue weighted by Crippen LogP contribution is -2.32. The van der Waals surface area contributed by atoms with Crippen LogP contribution in [-0.2, 0) is 11.3 Å². The van der Waals surface area contributed by atoms with E-state index in [1.54, 1.807) is 12.1 Å². The minimum Gasteiger partial charge on any atom is -0.376 e. The molecule has 1 heterocycles. The number of nitro groups is 1. The molecule has 0 saturated carbocycles. The Hall–Kier alpha value is -1.46. The van der Waals surface area contributed by atoms with Gasteiger partial charge in [-0.2, -0.15) is 0 Å². The highest BCUT2D eigenvalue weighted by Crippen LogP contribution is 2.15. The molecule has 1 saturated heterocycles. The molecule has 1 aromatic rings. The number of benzene rings is 1. The van der Waals surface area contributed by atoms with Crippen LogP contribution in [0.3, 0.4) is 0 Å². The van der Waals surface area contributed by atoms with Gasteiger partial charge in [-0.1, -0.05) is 12.1 Å². The zero-order valence-corrected chi connectivity index (χ0v) is 10.3. The molecule has 1 atom stereocenters. The van der Waals surface area contributed by atoms with Crippen molar-refractivity contribution in [2.45, 2.75) is 19.4 Å². The third kappa shape index (κ3) is 3.78. The minimum atomic E-state index is -0.380. The van der Waals surface area contributed by atoms with Crippen molar-refractivity contribution in [1.29, 1.82) is 0 Å². The number of piperidine rings is 1. The summed E-state index contributed by atoms with van der Waals surface area (Å²) in [5, 5.41) is 14.0. The molecular formula is C13H18N2O3. The van der Waals surface area contributed by atoms with Crippen LogP contribution in [0.2, 0.25) is 0 Å². The molecule has 1 N–H and O–H groups in total. The van der Waals surface area contributed by atoms with Crippen LogP contribution < -0.4 is 5.32 Å². The molecule has 1 aromatic carbocycles. The number of nitro benzene ring substituents is 1. The van der Waals surface area contributed by atoms with E-state index in [0.29, 0.717) is 12.5 Å². The molecule has 0 spiro atoms. The first-order chi connectivity index (χ1) is 8.75. The Bertz CT molecular complexity index is 403. The van der Waals surface area contributed by atoms with Crippen molar-refractivity contribution in [2.24, 2.45) is 5.92 Å². The number of hydrogen-bond donors (Lipinski definition) is 1. The molecule has 1 aliphatic heterocycles. The lowest BCUT2D eigenvalue weighted by atomic mass is 10.0. The highest BCUT2D eigenvalue weighted by Gasteiger charge is 2.13. The molecule has 0 amide bonds. The molecule has 0 radical (unpaired) electrons. The van der Waals surface area contributed by atoms with Gasteiger partial charge in [-0.3, -0.25) is 10.1 Å². The van der Waals surface area contributed by atoms with Crippen LogP contribution in [0.4, 0.5) is 5.69 Å². The van der Waals surface area contributed by atoms with Gasteiger partial charge >= 0.3 is 0 Å². The number of rotatable bonds is 5. The molecule has 0 unspecified atom stereocenters. The van der Waals surface area contributed by atoms with Crippen LogP contribution in [0.25, 0.3) is 0 Å². The average Bonchev–Trinajstić information content (AvgIpc) is 2.40. The van der Waals surface area contributed by atoms with Crippen LogP contribution in [0.1, 0.15) is 18.4 Å². The highest BCUT2D eigenvalue weighted by atomic mass is 16.6. The van der Waals surface area contributed by atoms with Crippen LogP contribution in [-0.4, -0.2) is 24.6 Å². The van der Waals surface area contributed by atoms with Crippen molar-refractivity contribution < 1.29 is 9.66 Å². The zero-order chi connectivity index (χ0) is 12.8. The van der Waals surface area contributed by atoms with Crippen LogP contribution in [0.5, 0.6) is 0 Å². The van der Waals surface area contributed by atoms with Crippen LogP contribution in [0, 0.1) is 16.0 Å². The van der Waals surface area contributed by atoms with Gasteiger partial charge in [-0.05, 0) is 30.9 Å². The van der Waals surface area contributed by atoms with Crippen molar-refractivity contribution in [3.8, 4) is 0 Å². The van der Waals surface area contributed by atoms with E-state index in [2.05, 4.69) is 5.32 Å². The molecular weight excluding hydrogens is 232 g/mol. The molecule has 2 rings (SSSR count). The molecule has 0 aromatic heterocycles. The second-order valence-corrected chi connectivity index (χ2v) is 4.65. The number of hydrogen-bond acceptors (Lipinski definition) is 4. The minimum absolute atomic E-state index is 0.121. The van der Waals surface area contributed by atoms with Crippen molar-refractivity contribution in [2.75, 3.05) is 19.7 Å². The fraction of sp³-hybridized carbons (Fsp3) is 0.538. The molecule has 5 heteroatoms. The molecule has 18 heavy (non-hydrogen) atoms. The third-order valence-corrected chi connectivity index (χ3v) is 3.14. The van der Waals surface area contributed by atoms with Gasteiger partial charge in [0.2, 0.25) is 0 Å². The predicted octanol–water partition coefficient (Wildman–Crippen LogP) is 2.11. The Kier molecular flexibility index (Phi) is 4.66. The van der Waals surface area contributed by atoms with Gasteiger partial charge in [0.1, 0.15) is 0 Å². The number of nitrogens with one attached hydrogen (secondary N) is 1. The first-order valence-electron chi connectivity index (χ1n) is 6.27. The second kappa shape index (κ2) is 6.47. The first-order valence-corrected chi connectivity index (χ1v) is 6.27. The number of non-ortho nitro benzene ring substituents is 1. The standard InChI is InChI=1S/C13H18N2O3/c16-15(17)13-5-1-3-11(7-13)9-18-10-12-4-2-6-14-8-12/h1,3,5,7,12,14H,2,4,6,8-10H2/t12-/m0/s1. The second-order valence-electron chi connectivity index (χ2n) is 4.65. The molecule has 0 aliphatic carbocycles. The summed E-state index contributed by atoms with van der Waals surface area (Å²) < 4.78 is 5.63. The maximum Gasteiger partial charge on any atom is 0.269 e. The highest BCUT2D eigenvalue weighted by molar-refractivity contribution is 5.33. The van der Waals surface area contributed by atoms with Gasteiger partial charge < -0.3 is 10.1 Å². The molecule has 98 valence electrons. The summed E-state index contributed by atoms with van der Waals surface area (Å²) in [6.07, 6.45) is 2.40. The van der Waals surface area contributed by atoms with Crippen molar-refractivity contribution in [3.63, 3.8) is 0 Å². The van der Waals surface area contributed by atoms with Gasteiger partial charge in [0.25, 0.3) is 5.69 Å². The molecule has 1 fully saturated rings. The van der Waals surface area contributed by atoms with Crippen molar-refractivity contribution in [3.05, 3.63) is 39.9 Å². The van der Waals surface area contributed by atoms with E-state index in [9.17, 15) is 10.1 Å². The van der Waals surface area contributed by atoms with Crippen LogP contribution in [0.15, 0.2) is 24.3 Å². The first kappa shape index (κ1) is 13.0. The normalized spacial score (nSPS) is 19.7. The summed E-state index contributed by atoms with van der Waals surface area (Å²) in [4.78, 5) is 10.3. The maximum atomic E-state index is 10.6. The molecule has 1 aliphatic rings. The zero-order valence-electron chi connectivity index (χ0n) is 10.3. The topological polar surface area (TPSA) is 64.4 Å². The maximum absolute atomic E-state index is 10.6. The summed E-state index contributed by atoms with van der Waals surface area (Å²) >= 11 is 0. The number of nitrogens with zero attached hydrogens (tertiary/aromatic N) is 1. The van der Waals surface area contributed by atoms with E-state index in [-0.39, 0.29) is 10.6 Å². The van der Waals surface area contributed by atoms with Gasteiger partial charge in [0, 0.05) is 18.7 Å². The lowest BCUT2D eigenvalue weighted by molar-refractivity contribution is -0.384. The Morgan fingerprint density at radius 2 is 2.39 bits per heavy atom. The van der Waals surface area contributed by atoms with E-state index in [1.165, 1.54) is 18.9 Å². The van der Waals surface area contributed by atoms with E-state index >= 15 is 0 Å². The monoisotopic (exact) mass is 250 g/mol. The fourth-order valence-electron chi connectivity index (χ4n) is 2.17. The van der Waals surface area contributed by atoms with Gasteiger partial charge in [0.05, 0.1) is 18.1 Å². The summed E-state index contributed by atoms with van der Waals surface area (Å²) in [5.41, 5.74) is 0.975. The SMILES string of the molecule is O=[N+]([O-])c1cccc(COC[C@H]2CCCNC2)c1. The summed E-state index contributed by atoms with van der Waals surface area (Å²) in [6, 6.07) is 6.61. The predicted molar refractivity (Wildman–Crippen MR) is 68.3 cm³/mol. The van der Waals surface area contributed by atoms with E-state index < -0.39 is 0 Å². The Morgan fingerprint density at radius 3 is 3.11 bits per heavy atom. The Labute approximate surface area is 106 Å². The van der Waals surface area contributed by atoms with Crippen molar-refractivity contribution >= 4 is 5.69 Å². The van der Waals surface area contributed by atoms with Crippen molar-refractivity contribution in [1.82, 2.24) is 5.32 Å². The van der Waals surface area contributed by atoms with E-state index in [1.807, 2.05) is 6.07 Å². The lowest BCUT2D eigenvalue weighted by Gasteiger charge is -2.22. The van der Waals surface area contributed by atoms with Gasteiger partial charge in [0.15, 0.2) is 0 Å². The quantitative estimate of drug-likeness (QED) is 0.642. The van der Waals surface area contributed by atoms with Crippen LogP contribution >= 0.6 is 0 Å². The number of ether oxygens (including phenoxy) is 1. The Morgan fingerprint density at radius 1 is 1.50 bits per heavy atom. The molecule has 0 bridgehead atoms. The fourth-order valence-corrected chi connectivity index (χ4v) is 2.17. The summed E-state index contributed by atoms with van der Waals surface area (Å²) in [6.45, 7) is 3.27. The largest absolute Gasteiger partial charge is 0.376 e. The van der Waals surface area contributed by atoms with Gasteiger partial charge in [-0.25, -0.2) is 0 Å². The van der Waals surface area contributed by atoms with E-state index in [0.717, 1.165) is 25.3 Å². The smallest absolute Gasteiger partial charge is 0.269 e.